The van der Waals surface area contributed by atoms with E-state index >= 15 is 0 Å². The predicted octanol–water partition coefficient (Wildman–Crippen LogP) is 2.26. The molecule has 3 amide bonds. The number of amides is 3. The number of hydrogen-bond acceptors (Lipinski definition) is 4. The molecule has 1 saturated carbocycles. The molecule has 2 aliphatic heterocycles. The van der Waals surface area contributed by atoms with Crippen LogP contribution in [0.5, 0.6) is 0 Å². The Hall–Kier alpha value is -1.48. The van der Waals surface area contributed by atoms with Crippen molar-refractivity contribution in [3.63, 3.8) is 0 Å². The van der Waals surface area contributed by atoms with Gasteiger partial charge in [0.2, 0.25) is 5.91 Å². The second-order valence-electron chi connectivity index (χ2n) is 9.75. The summed E-state index contributed by atoms with van der Waals surface area (Å²) in [7, 11) is 1.97. The van der Waals surface area contributed by atoms with Gasteiger partial charge in [-0.1, -0.05) is 13.3 Å². The standard InChI is InChI=1S/C21H37F2N5O2/c1-3-4-20(22,23)15-16(17(29)26-21(24)9-11-27(2)12-10-21)25-18(30)28-13-7-19(5-6-19)8-14-28/h16H,3-15,24H2,1-2H3,(H,25,30)(H,26,29)/t16-/m0/s1. The van der Waals surface area contributed by atoms with E-state index < -0.39 is 36.0 Å². The van der Waals surface area contributed by atoms with Gasteiger partial charge < -0.3 is 26.2 Å². The van der Waals surface area contributed by atoms with Crippen molar-refractivity contribution < 1.29 is 18.4 Å². The van der Waals surface area contributed by atoms with E-state index in [1.807, 2.05) is 7.05 Å². The fraction of sp³-hybridized carbons (Fsp3) is 0.905. The summed E-state index contributed by atoms with van der Waals surface area (Å²) in [4.78, 5) is 29.4. The van der Waals surface area contributed by atoms with Crippen molar-refractivity contribution in [3.8, 4) is 0 Å². The van der Waals surface area contributed by atoms with Gasteiger partial charge >= 0.3 is 6.03 Å². The van der Waals surface area contributed by atoms with Gasteiger partial charge in [0, 0.05) is 39.0 Å². The monoisotopic (exact) mass is 429 g/mol. The summed E-state index contributed by atoms with van der Waals surface area (Å²) in [6, 6.07) is -1.75. The van der Waals surface area contributed by atoms with Crippen LogP contribution in [-0.2, 0) is 4.79 Å². The molecule has 9 heteroatoms. The third-order valence-electron chi connectivity index (χ3n) is 7.05. The molecule has 0 unspecified atom stereocenters. The van der Waals surface area contributed by atoms with E-state index in [1.165, 1.54) is 12.8 Å². The van der Waals surface area contributed by atoms with Crippen LogP contribution < -0.4 is 16.4 Å². The Morgan fingerprint density at radius 2 is 1.67 bits per heavy atom. The Kier molecular flexibility index (Phi) is 6.91. The number of nitrogens with zero attached hydrogens (tertiary/aromatic N) is 2. The van der Waals surface area contributed by atoms with Crippen LogP contribution in [0.4, 0.5) is 13.6 Å². The molecule has 3 aliphatic rings. The average molecular weight is 430 g/mol. The van der Waals surface area contributed by atoms with E-state index in [0.29, 0.717) is 37.8 Å². The van der Waals surface area contributed by atoms with Crippen LogP contribution in [0.2, 0.25) is 0 Å². The van der Waals surface area contributed by atoms with E-state index in [1.54, 1.807) is 11.8 Å². The maximum absolute atomic E-state index is 14.4. The number of alkyl halides is 2. The van der Waals surface area contributed by atoms with E-state index in [0.717, 1.165) is 25.9 Å². The lowest BCUT2D eigenvalue weighted by Crippen LogP contribution is -2.64. The summed E-state index contributed by atoms with van der Waals surface area (Å²) in [6.07, 6.45) is 4.66. The highest BCUT2D eigenvalue weighted by Crippen LogP contribution is 2.53. The summed E-state index contributed by atoms with van der Waals surface area (Å²) in [6.45, 7) is 4.33. The Labute approximate surface area is 178 Å². The minimum Gasteiger partial charge on any atom is -0.336 e. The fourth-order valence-corrected chi connectivity index (χ4v) is 4.55. The molecule has 0 radical (unpaired) electrons. The number of nitrogens with two attached hydrogens (primary N) is 1. The maximum atomic E-state index is 14.4. The van der Waals surface area contributed by atoms with Crippen LogP contribution in [-0.4, -0.2) is 72.6 Å². The first-order chi connectivity index (χ1) is 14.1. The molecule has 0 aromatic rings. The largest absolute Gasteiger partial charge is 0.336 e. The molecule has 3 rings (SSSR count). The van der Waals surface area contributed by atoms with Crippen molar-refractivity contribution in [2.24, 2.45) is 11.1 Å². The first kappa shape index (κ1) is 23.2. The number of halogens is 2. The molecule has 1 aliphatic carbocycles. The molecular formula is C21H37F2N5O2. The highest BCUT2D eigenvalue weighted by molar-refractivity contribution is 5.87. The highest BCUT2D eigenvalue weighted by Gasteiger charge is 2.46. The van der Waals surface area contributed by atoms with E-state index in [4.69, 9.17) is 5.73 Å². The quantitative estimate of drug-likeness (QED) is 0.542. The third-order valence-corrected chi connectivity index (χ3v) is 7.05. The van der Waals surface area contributed by atoms with Crippen LogP contribution in [0.3, 0.4) is 0 Å². The highest BCUT2D eigenvalue weighted by atomic mass is 19.3. The van der Waals surface area contributed by atoms with Crippen molar-refractivity contribution >= 4 is 11.9 Å². The molecule has 7 nitrogen and oxygen atoms in total. The number of carbonyl (C=O) groups excluding carboxylic acids is 2. The number of nitrogens with one attached hydrogen (secondary N) is 2. The number of rotatable bonds is 7. The normalized spacial score (nSPS) is 24.4. The first-order valence-corrected chi connectivity index (χ1v) is 11.3. The SMILES string of the molecule is CCCC(F)(F)C[C@H](NC(=O)N1CCC2(CC1)CC2)C(=O)NC1(N)CCN(C)CC1. The minimum absolute atomic E-state index is 0.302. The smallest absolute Gasteiger partial charge is 0.318 e. The van der Waals surface area contributed by atoms with Gasteiger partial charge in [0.1, 0.15) is 6.04 Å². The van der Waals surface area contributed by atoms with Gasteiger partial charge in [0.25, 0.3) is 5.92 Å². The zero-order valence-electron chi connectivity index (χ0n) is 18.3. The lowest BCUT2D eigenvalue weighted by atomic mass is 9.94. The van der Waals surface area contributed by atoms with Gasteiger partial charge in [-0.2, -0.15) is 0 Å². The molecule has 1 atom stereocenters. The van der Waals surface area contributed by atoms with Crippen LogP contribution in [0.1, 0.15) is 64.7 Å². The lowest BCUT2D eigenvalue weighted by Gasteiger charge is -2.39. The molecule has 172 valence electrons. The van der Waals surface area contributed by atoms with Crippen molar-refractivity contribution in [1.29, 1.82) is 0 Å². The van der Waals surface area contributed by atoms with Gasteiger partial charge in [-0.15, -0.1) is 0 Å². The van der Waals surface area contributed by atoms with Crippen molar-refractivity contribution in [3.05, 3.63) is 0 Å². The molecule has 30 heavy (non-hydrogen) atoms. The third kappa shape index (κ3) is 6.03. The molecule has 0 aromatic heterocycles. The molecular weight excluding hydrogens is 392 g/mol. The summed E-state index contributed by atoms with van der Waals surface area (Å²) < 4.78 is 28.8. The van der Waals surface area contributed by atoms with Gasteiger partial charge in [-0.3, -0.25) is 4.79 Å². The average Bonchev–Trinajstić information content (AvgIpc) is 3.43. The van der Waals surface area contributed by atoms with Gasteiger partial charge in [0.05, 0.1) is 5.66 Å². The number of urea groups is 1. The molecule has 2 heterocycles. The minimum atomic E-state index is -3.03. The van der Waals surface area contributed by atoms with E-state index in [-0.39, 0.29) is 6.42 Å². The zero-order chi connectivity index (χ0) is 22.0. The topological polar surface area (TPSA) is 90.7 Å². The van der Waals surface area contributed by atoms with E-state index in [9.17, 15) is 18.4 Å². The lowest BCUT2D eigenvalue weighted by molar-refractivity contribution is -0.128. The van der Waals surface area contributed by atoms with E-state index in [2.05, 4.69) is 15.5 Å². The van der Waals surface area contributed by atoms with Crippen LogP contribution in [0.15, 0.2) is 0 Å². The zero-order valence-corrected chi connectivity index (χ0v) is 18.3. The molecule has 1 spiro atoms. The Morgan fingerprint density at radius 3 is 2.20 bits per heavy atom. The first-order valence-electron chi connectivity index (χ1n) is 11.3. The van der Waals surface area contributed by atoms with Gasteiger partial charge in [-0.05, 0) is 51.0 Å². The Morgan fingerprint density at radius 1 is 1.07 bits per heavy atom. The molecule has 0 aromatic carbocycles. The Bertz CT molecular complexity index is 623. The second-order valence-corrected chi connectivity index (χ2v) is 9.75. The summed E-state index contributed by atoms with van der Waals surface area (Å²) in [5, 5.41) is 5.35. The van der Waals surface area contributed by atoms with Crippen LogP contribution in [0, 0.1) is 5.41 Å². The van der Waals surface area contributed by atoms with Crippen molar-refractivity contribution in [2.45, 2.75) is 82.3 Å². The number of piperidine rings is 2. The summed E-state index contributed by atoms with van der Waals surface area (Å²) in [5.74, 6) is -3.65. The Balaban J connectivity index is 1.63. The summed E-state index contributed by atoms with van der Waals surface area (Å²) in [5.41, 5.74) is 5.79. The molecule has 0 bridgehead atoms. The second kappa shape index (κ2) is 8.94. The van der Waals surface area contributed by atoms with Gasteiger partial charge in [0.15, 0.2) is 0 Å². The molecule has 4 N–H and O–H groups in total. The maximum Gasteiger partial charge on any atom is 0.318 e. The number of likely N-dealkylation sites (tertiary alicyclic amines) is 2. The van der Waals surface area contributed by atoms with Crippen molar-refractivity contribution in [2.75, 3.05) is 33.2 Å². The molecule has 2 saturated heterocycles. The fourth-order valence-electron chi connectivity index (χ4n) is 4.55. The summed E-state index contributed by atoms with van der Waals surface area (Å²) >= 11 is 0. The predicted molar refractivity (Wildman–Crippen MR) is 111 cm³/mol. The van der Waals surface area contributed by atoms with Crippen LogP contribution in [0.25, 0.3) is 0 Å². The van der Waals surface area contributed by atoms with Crippen LogP contribution >= 0.6 is 0 Å². The molecule has 3 fully saturated rings. The van der Waals surface area contributed by atoms with Gasteiger partial charge in [-0.25, -0.2) is 13.6 Å². The number of carbonyl (C=O) groups is 2. The van der Waals surface area contributed by atoms with Crippen molar-refractivity contribution in [1.82, 2.24) is 20.4 Å². The number of hydrogen-bond donors (Lipinski definition) is 3.